The van der Waals surface area contributed by atoms with Gasteiger partial charge in [0.1, 0.15) is 6.04 Å². The SMILES string of the molecule is O=C1C(c2ccc(Br)cc2)n2cncc2CN1Cc1ccc(Cl)cc1. The van der Waals surface area contributed by atoms with Crippen molar-refractivity contribution in [1.29, 1.82) is 0 Å². The van der Waals surface area contributed by atoms with Crippen LogP contribution in [-0.4, -0.2) is 20.4 Å². The van der Waals surface area contributed by atoms with E-state index >= 15 is 0 Å². The Morgan fingerprint density at radius 3 is 2.56 bits per heavy atom. The summed E-state index contributed by atoms with van der Waals surface area (Å²) in [5.74, 6) is 0.0720. The molecule has 2 heterocycles. The first kappa shape index (κ1) is 16.4. The van der Waals surface area contributed by atoms with Gasteiger partial charge in [0.05, 0.1) is 18.6 Å². The molecular formula is C19H15BrClN3O. The second kappa shape index (κ2) is 6.65. The Kier molecular flexibility index (Phi) is 4.36. The average Bonchev–Trinajstić information content (AvgIpc) is 3.06. The number of amides is 1. The lowest BCUT2D eigenvalue weighted by Crippen LogP contribution is -2.42. The van der Waals surface area contributed by atoms with Crippen molar-refractivity contribution in [3.63, 3.8) is 0 Å². The maximum absolute atomic E-state index is 13.2. The minimum atomic E-state index is -0.383. The number of aromatic nitrogens is 2. The Morgan fingerprint density at radius 1 is 1.12 bits per heavy atom. The van der Waals surface area contributed by atoms with Gasteiger partial charge in [-0.2, -0.15) is 0 Å². The van der Waals surface area contributed by atoms with Crippen molar-refractivity contribution in [3.05, 3.63) is 87.4 Å². The highest BCUT2D eigenvalue weighted by atomic mass is 79.9. The van der Waals surface area contributed by atoms with Crippen LogP contribution in [0.3, 0.4) is 0 Å². The van der Waals surface area contributed by atoms with E-state index in [4.69, 9.17) is 11.6 Å². The number of carbonyl (C=O) groups excluding carboxylic acids is 1. The average molecular weight is 417 g/mol. The van der Waals surface area contributed by atoms with Crippen molar-refractivity contribution >= 4 is 33.4 Å². The van der Waals surface area contributed by atoms with E-state index in [1.807, 2.05) is 64.2 Å². The Balaban J connectivity index is 1.68. The molecule has 0 bridgehead atoms. The van der Waals surface area contributed by atoms with E-state index in [0.717, 1.165) is 21.3 Å². The van der Waals surface area contributed by atoms with Gasteiger partial charge in [0.2, 0.25) is 0 Å². The lowest BCUT2D eigenvalue weighted by Gasteiger charge is -2.34. The van der Waals surface area contributed by atoms with Gasteiger partial charge in [-0.3, -0.25) is 4.79 Å². The first-order chi connectivity index (χ1) is 12.1. The molecule has 25 heavy (non-hydrogen) atoms. The predicted molar refractivity (Wildman–Crippen MR) is 100 cm³/mol. The molecule has 1 aromatic heterocycles. The number of halogens is 2. The summed E-state index contributed by atoms with van der Waals surface area (Å²) in [6.45, 7) is 1.10. The molecule has 4 nitrogen and oxygen atoms in total. The van der Waals surface area contributed by atoms with Crippen molar-refractivity contribution in [2.75, 3.05) is 0 Å². The number of rotatable bonds is 3. The third-order valence-electron chi connectivity index (χ3n) is 4.40. The van der Waals surface area contributed by atoms with Gasteiger partial charge in [-0.1, -0.05) is 51.8 Å². The minimum Gasteiger partial charge on any atom is -0.330 e. The van der Waals surface area contributed by atoms with Crippen LogP contribution in [0, 0.1) is 0 Å². The maximum atomic E-state index is 13.2. The lowest BCUT2D eigenvalue weighted by molar-refractivity contribution is -0.136. The van der Waals surface area contributed by atoms with Crippen molar-refractivity contribution in [2.24, 2.45) is 0 Å². The molecule has 0 aliphatic carbocycles. The van der Waals surface area contributed by atoms with Crippen LogP contribution in [0.5, 0.6) is 0 Å². The fourth-order valence-corrected chi connectivity index (χ4v) is 3.53. The van der Waals surface area contributed by atoms with E-state index in [2.05, 4.69) is 20.9 Å². The topological polar surface area (TPSA) is 38.1 Å². The summed E-state index contributed by atoms with van der Waals surface area (Å²) in [6.07, 6.45) is 3.56. The molecule has 1 aliphatic rings. The smallest absolute Gasteiger partial charge is 0.250 e. The van der Waals surface area contributed by atoms with Gasteiger partial charge in [0.15, 0.2) is 0 Å². The van der Waals surface area contributed by atoms with E-state index in [-0.39, 0.29) is 11.9 Å². The largest absolute Gasteiger partial charge is 0.330 e. The monoisotopic (exact) mass is 415 g/mol. The van der Waals surface area contributed by atoms with E-state index < -0.39 is 0 Å². The maximum Gasteiger partial charge on any atom is 0.250 e. The zero-order chi connectivity index (χ0) is 17.4. The number of nitrogens with zero attached hydrogens (tertiary/aromatic N) is 3. The van der Waals surface area contributed by atoms with E-state index in [1.165, 1.54) is 0 Å². The predicted octanol–water partition coefficient (Wildman–Crippen LogP) is 4.43. The van der Waals surface area contributed by atoms with Crippen LogP contribution in [0.1, 0.15) is 22.9 Å². The molecule has 0 spiro atoms. The highest BCUT2D eigenvalue weighted by molar-refractivity contribution is 9.10. The normalized spacial score (nSPS) is 16.8. The fraction of sp³-hybridized carbons (Fsp3) is 0.158. The van der Waals surface area contributed by atoms with Crippen LogP contribution in [0.25, 0.3) is 0 Å². The highest BCUT2D eigenvalue weighted by Gasteiger charge is 2.33. The second-order valence-corrected chi connectivity index (χ2v) is 7.42. The Bertz CT molecular complexity index is 905. The van der Waals surface area contributed by atoms with Crippen LogP contribution < -0.4 is 0 Å². The zero-order valence-electron chi connectivity index (χ0n) is 13.3. The van der Waals surface area contributed by atoms with Gasteiger partial charge < -0.3 is 9.47 Å². The highest BCUT2D eigenvalue weighted by Crippen LogP contribution is 2.30. The summed E-state index contributed by atoms with van der Waals surface area (Å²) in [4.78, 5) is 19.3. The van der Waals surface area contributed by atoms with Crippen LogP contribution in [0.15, 0.2) is 65.5 Å². The lowest BCUT2D eigenvalue weighted by atomic mass is 10.0. The van der Waals surface area contributed by atoms with E-state index in [1.54, 1.807) is 6.33 Å². The summed E-state index contributed by atoms with van der Waals surface area (Å²) in [5.41, 5.74) is 3.04. The second-order valence-electron chi connectivity index (χ2n) is 6.07. The fourth-order valence-electron chi connectivity index (χ4n) is 3.14. The van der Waals surface area contributed by atoms with Crippen LogP contribution in [0.2, 0.25) is 5.02 Å². The molecule has 0 fully saturated rings. The number of imidazole rings is 1. The quantitative estimate of drug-likeness (QED) is 0.633. The Labute approximate surface area is 159 Å². The molecule has 6 heteroatoms. The summed E-state index contributed by atoms with van der Waals surface area (Å²) in [6, 6.07) is 15.1. The number of fused-ring (bicyclic) bond motifs is 1. The first-order valence-electron chi connectivity index (χ1n) is 7.91. The third kappa shape index (κ3) is 3.22. The van der Waals surface area contributed by atoms with Gasteiger partial charge in [-0.05, 0) is 35.4 Å². The summed E-state index contributed by atoms with van der Waals surface area (Å²) in [5, 5.41) is 0.694. The Hall–Kier alpha value is -2.11. The van der Waals surface area contributed by atoms with Gasteiger partial charge >= 0.3 is 0 Å². The number of hydrogen-bond donors (Lipinski definition) is 0. The molecule has 1 unspecified atom stereocenters. The minimum absolute atomic E-state index is 0.0720. The molecule has 0 saturated heterocycles. The molecule has 0 N–H and O–H groups in total. The van der Waals surface area contributed by atoms with Crippen molar-refractivity contribution in [1.82, 2.24) is 14.5 Å². The molecule has 3 aromatic rings. The van der Waals surface area contributed by atoms with Crippen molar-refractivity contribution < 1.29 is 4.79 Å². The zero-order valence-corrected chi connectivity index (χ0v) is 15.6. The molecule has 126 valence electrons. The summed E-state index contributed by atoms with van der Waals surface area (Å²) in [7, 11) is 0. The molecule has 4 rings (SSSR count). The third-order valence-corrected chi connectivity index (χ3v) is 5.18. The Morgan fingerprint density at radius 2 is 1.84 bits per heavy atom. The van der Waals surface area contributed by atoms with Crippen LogP contribution in [-0.2, 0) is 17.9 Å². The van der Waals surface area contributed by atoms with Crippen molar-refractivity contribution in [2.45, 2.75) is 19.1 Å². The number of carbonyl (C=O) groups is 1. The summed E-state index contributed by atoms with van der Waals surface area (Å²) >= 11 is 9.40. The molecular weight excluding hydrogens is 402 g/mol. The molecule has 0 radical (unpaired) electrons. The van der Waals surface area contributed by atoms with Gasteiger partial charge in [-0.25, -0.2) is 4.98 Å². The molecule has 1 aliphatic heterocycles. The molecule has 0 saturated carbocycles. The van der Waals surface area contributed by atoms with E-state index in [9.17, 15) is 4.79 Å². The molecule has 1 amide bonds. The van der Waals surface area contributed by atoms with Crippen LogP contribution in [0.4, 0.5) is 0 Å². The molecule has 2 aromatic carbocycles. The van der Waals surface area contributed by atoms with Gasteiger partial charge in [0.25, 0.3) is 5.91 Å². The summed E-state index contributed by atoms with van der Waals surface area (Å²) < 4.78 is 2.95. The van der Waals surface area contributed by atoms with E-state index in [0.29, 0.717) is 18.1 Å². The van der Waals surface area contributed by atoms with Gasteiger partial charge in [0, 0.05) is 22.2 Å². The molecule has 1 atom stereocenters. The van der Waals surface area contributed by atoms with Crippen molar-refractivity contribution in [3.8, 4) is 0 Å². The number of benzene rings is 2. The number of hydrogen-bond acceptors (Lipinski definition) is 2. The standard InChI is InChI=1S/C19H15BrClN3O/c20-15-5-3-14(4-6-15)18-19(25)23(11-17-9-22-12-24(17)18)10-13-1-7-16(21)8-2-13/h1-9,12,18H,10-11H2. The van der Waals surface area contributed by atoms with Crippen LogP contribution >= 0.6 is 27.5 Å². The first-order valence-corrected chi connectivity index (χ1v) is 9.08. The van der Waals surface area contributed by atoms with Gasteiger partial charge in [-0.15, -0.1) is 0 Å².